The third-order valence-electron chi connectivity index (χ3n) is 2.67. The number of ether oxygens (including phenoxy) is 1. The van der Waals surface area contributed by atoms with Gasteiger partial charge in [0.15, 0.2) is 0 Å². The fraction of sp³-hybridized carbons (Fsp3) is 0.429. The maximum absolute atomic E-state index is 12.0. The predicted octanol–water partition coefficient (Wildman–Crippen LogP) is 0.668. The second-order valence-corrected chi connectivity index (χ2v) is 6.19. The van der Waals surface area contributed by atoms with Crippen molar-refractivity contribution in [2.75, 3.05) is 19.7 Å². The van der Waals surface area contributed by atoms with Crippen molar-refractivity contribution in [2.24, 2.45) is 0 Å². The molecule has 0 bridgehead atoms. The van der Waals surface area contributed by atoms with Crippen LogP contribution in [0.3, 0.4) is 0 Å². The van der Waals surface area contributed by atoms with Gasteiger partial charge in [0.2, 0.25) is 15.9 Å². The SMILES string of the molecule is CCCNC(=O)CNS(=O)(=O)c1ccc(C(=O)OCC)cc1. The molecule has 122 valence electrons. The van der Waals surface area contributed by atoms with Gasteiger partial charge in [-0.15, -0.1) is 0 Å². The summed E-state index contributed by atoms with van der Waals surface area (Å²) in [4.78, 5) is 22.9. The van der Waals surface area contributed by atoms with E-state index in [4.69, 9.17) is 4.74 Å². The van der Waals surface area contributed by atoms with Gasteiger partial charge in [0.1, 0.15) is 0 Å². The molecule has 0 unspecified atom stereocenters. The van der Waals surface area contributed by atoms with E-state index in [1.165, 1.54) is 24.3 Å². The number of esters is 1. The zero-order chi connectivity index (χ0) is 16.6. The van der Waals surface area contributed by atoms with Gasteiger partial charge in [0.05, 0.1) is 23.6 Å². The maximum Gasteiger partial charge on any atom is 0.338 e. The van der Waals surface area contributed by atoms with Crippen molar-refractivity contribution in [1.29, 1.82) is 0 Å². The summed E-state index contributed by atoms with van der Waals surface area (Å²) in [6.45, 7) is 3.99. The molecule has 7 nitrogen and oxygen atoms in total. The first-order valence-corrected chi connectivity index (χ1v) is 8.42. The molecule has 1 rings (SSSR count). The van der Waals surface area contributed by atoms with Crippen LogP contribution in [0, 0.1) is 0 Å². The second kappa shape index (κ2) is 8.50. The quantitative estimate of drug-likeness (QED) is 0.683. The number of nitrogens with one attached hydrogen (secondary N) is 2. The van der Waals surface area contributed by atoms with Gasteiger partial charge >= 0.3 is 5.97 Å². The molecule has 1 amide bonds. The summed E-state index contributed by atoms with van der Waals surface area (Å²) in [7, 11) is -3.80. The monoisotopic (exact) mass is 328 g/mol. The standard InChI is InChI=1S/C14H20N2O5S/c1-3-9-15-13(17)10-16-22(19,20)12-7-5-11(6-8-12)14(18)21-4-2/h5-8,16H,3-4,9-10H2,1-2H3,(H,15,17). The number of amides is 1. The Morgan fingerprint density at radius 3 is 2.32 bits per heavy atom. The van der Waals surface area contributed by atoms with Crippen molar-refractivity contribution in [3.05, 3.63) is 29.8 Å². The van der Waals surface area contributed by atoms with Gasteiger partial charge in [-0.25, -0.2) is 17.9 Å². The summed E-state index contributed by atoms with van der Waals surface area (Å²) in [6, 6.07) is 5.31. The number of sulfonamides is 1. The molecule has 8 heteroatoms. The highest BCUT2D eigenvalue weighted by atomic mass is 32.2. The Morgan fingerprint density at radius 1 is 1.14 bits per heavy atom. The Morgan fingerprint density at radius 2 is 1.77 bits per heavy atom. The molecule has 0 aliphatic heterocycles. The van der Waals surface area contributed by atoms with E-state index >= 15 is 0 Å². The second-order valence-electron chi connectivity index (χ2n) is 4.42. The van der Waals surface area contributed by atoms with E-state index in [-0.39, 0.29) is 23.6 Å². The molecular formula is C14H20N2O5S. The highest BCUT2D eigenvalue weighted by Gasteiger charge is 2.16. The first kappa shape index (κ1) is 18.1. The number of rotatable bonds is 8. The number of carbonyl (C=O) groups excluding carboxylic acids is 2. The van der Waals surface area contributed by atoms with Crippen LogP contribution in [-0.4, -0.2) is 40.0 Å². The number of hydrogen-bond acceptors (Lipinski definition) is 5. The number of carbonyl (C=O) groups is 2. The smallest absolute Gasteiger partial charge is 0.338 e. The summed E-state index contributed by atoms with van der Waals surface area (Å²) in [5.41, 5.74) is 0.265. The van der Waals surface area contributed by atoms with Gasteiger partial charge in [-0.05, 0) is 37.6 Å². The van der Waals surface area contributed by atoms with Gasteiger partial charge < -0.3 is 10.1 Å². The molecule has 0 saturated heterocycles. The van der Waals surface area contributed by atoms with E-state index in [0.717, 1.165) is 6.42 Å². The van der Waals surface area contributed by atoms with Crippen LogP contribution < -0.4 is 10.0 Å². The van der Waals surface area contributed by atoms with Crippen LogP contribution >= 0.6 is 0 Å². The molecule has 0 aliphatic rings. The van der Waals surface area contributed by atoms with Gasteiger partial charge in [-0.1, -0.05) is 6.92 Å². The number of benzene rings is 1. The lowest BCUT2D eigenvalue weighted by atomic mass is 10.2. The Bertz CT molecular complexity index is 611. The largest absolute Gasteiger partial charge is 0.462 e. The minimum Gasteiger partial charge on any atom is -0.462 e. The van der Waals surface area contributed by atoms with Crippen molar-refractivity contribution in [2.45, 2.75) is 25.2 Å². The fourth-order valence-corrected chi connectivity index (χ4v) is 2.54. The van der Waals surface area contributed by atoms with Crippen LogP contribution in [-0.2, 0) is 19.6 Å². The Hall–Kier alpha value is -1.93. The van der Waals surface area contributed by atoms with Gasteiger partial charge in [-0.2, -0.15) is 0 Å². The van der Waals surface area contributed by atoms with Crippen LogP contribution in [0.25, 0.3) is 0 Å². The molecular weight excluding hydrogens is 308 g/mol. The average molecular weight is 328 g/mol. The van der Waals surface area contributed by atoms with Gasteiger partial charge in [0.25, 0.3) is 0 Å². The lowest BCUT2D eigenvalue weighted by molar-refractivity contribution is -0.119. The summed E-state index contributed by atoms with van der Waals surface area (Å²) in [5.74, 6) is -0.910. The van der Waals surface area contributed by atoms with E-state index in [1.54, 1.807) is 6.92 Å². The van der Waals surface area contributed by atoms with Crippen LogP contribution in [0.15, 0.2) is 29.2 Å². The summed E-state index contributed by atoms with van der Waals surface area (Å²) >= 11 is 0. The highest BCUT2D eigenvalue weighted by Crippen LogP contribution is 2.11. The molecule has 1 aromatic rings. The van der Waals surface area contributed by atoms with E-state index in [2.05, 4.69) is 10.0 Å². The van der Waals surface area contributed by atoms with Crippen molar-refractivity contribution in [3.63, 3.8) is 0 Å². The minimum atomic E-state index is -3.80. The van der Waals surface area contributed by atoms with Gasteiger partial charge in [0, 0.05) is 6.54 Å². The molecule has 2 N–H and O–H groups in total. The molecule has 0 atom stereocenters. The molecule has 22 heavy (non-hydrogen) atoms. The fourth-order valence-electron chi connectivity index (χ4n) is 1.56. The van der Waals surface area contributed by atoms with Crippen LogP contribution in [0.4, 0.5) is 0 Å². The van der Waals surface area contributed by atoms with Crippen molar-refractivity contribution in [1.82, 2.24) is 10.0 Å². The van der Waals surface area contributed by atoms with Crippen molar-refractivity contribution < 1.29 is 22.7 Å². The number of hydrogen-bond donors (Lipinski definition) is 2. The molecule has 0 spiro atoms. The molecule has 0 aromatic heterocycles. The van der Waals surface area contributed by atoms with E-state index in [1.807, 2.05) is 6.92 Å². The lowest BCUT2D eigenvalue weighted by Gasteiger charge is -2.08. The summed E-state index contributed by atoms with van der Waals surface area (Å²) in [5, 5.41) is 2.57. The van der Waals surface area contributed by atoms with Crippen LogP contribution in [0.1, 0.15) is 30.6 Å². The highest BCUT2D eigenvalue weighted by molar-refractivity contribution is 7.89. The minimum absolute atomic E-state index is 0.0242. The van der Waals surface area contributed by atoms with E-state index in [9.17, 15) is 18.0 Å². The zero-order valence-corrected chi connectivity index (χ0v) is 13.4. The molecule has 1 aromatic carbocycles. The molecule has 0 fully saturated rings. The summed E-state index contributed by atoms with van der Waals surface area (Å²) in [6.07, 6.45) is 0.772. The first-order chi connectivity index (χ1) is 10.4. The van der Waals surface area contributed by atoms with E-state index in [0.29, 0.717) is 6.54 Å². The lowest BCUT2D eigenvalue weighted by Crippen LogP contribution is -2.37. The Kier molecular flexibility index (Phi) is 7.00. The van der Waals surface area contributed by atoms with Crippen molar-refractivity contribution >= 4 is 21.9 Å². The topological polar surface area (TPSA) is 102 Å². The first-order valence-electron chi connectivity index (χ1n) is 6.94. The molecule has 0 heterocycles. The molecule has 0 aliphatic carbocycles. The Labute approximate surface area is 130 Å². The predicted molar refractivity (Wildman–Crippen MR) is 80.9 cm³/mol. The molecule has 0 radical (unpaired) electrons. The van der Waals surface area contributed by atoms with Crippen LogP contribution in [0.5, 0.6) is 0 Å². The van der Waals surface area contributed by atoms with Crippen LogP contribution in [0.2, 0.25) is 0 Å². The van der Waals surface area contributed by atoms with Gasteiger partial charge in [-0.3, -0.25) is 4.79 Å². The average Bonchev–Trinajstić information content (AvgIpc) is 2.51. The molecule has 0 saturated carbocycles. The summed E-state index contributed by atoms with van der Waals surface area (Å²) < 4.78 is 31.0. The third-order valence-corrected chi connectivity index (χ3v) is 4.09. The van der Waals surface area contributed by atoms with E-state index < -0.39 is 21.9 Å². The third kappa shape index (κ3) is 5.45. The zero-order valence-electron chi connectivity index (χ0n) is 12.6. The normalized spacial score (nSPS) is 11.0. The Balaban J connectivity index is 2.69. The maximum atomic E-state index is 12.0. The van der Waals surface area contributed by atoms with Crippen molar-refractivity contribution in [3.8, 4) is 0 Å².